The van der Waals surface area contributed by atoms with Crippen LogP contribution in [0.1, 0.15) is 38.4 Å². The summed E-state index contributed by atoms with van der Waals surface area (Å²) in [6.45, 7) is 4.65. The Hall–Kier alpha value is -0.320. The second-order valence-corrected chi connectivity index (χ2v) is 6.43. The number of nitrogens with one attached hydrogen (secondary N) is 1. The van der Waals surface area contributed by atoms with Gasteiger partial charge in [0.2, 0.25) is 0 Å². The number of hydrogen-bond acceptors (Lipinski definition) is 3. The van der Waals surface area contributed by atoms with Gasteiger partial charge >= 0.3 is 0 Å². The molecule has 2 N–H and O–H groups in total. The molecule has 0 spiro atoms. The summed E-state index contributed by atoms with van der Waals surface area (Å²) in [6.07, 6.45) is 1.84. The van der Waals surface area contributed by atoms with Crippen molar-refractivity contribution >= 4 is 23.2 Å². The van der Waals surface area contributed by atoms with Gasteiger partial charge in [0.1, 0.15) is 0 Å². The molecule has 3 unspecified atom stereocenters. The van der Waals surface area contributed by atoms with Gasteiger partial charge in [-0.25, -0.2) is 0 Å². The molecule has 1 aromatic rings. The van der Waals surface area contributed by atoms with E-state index in [1.54, 1.807) is 18.2 Å². The van der Waals surface area contributed by atoms with Crippen LogP contribution in [0.5, 0.6) is 0 Å². The third kappa shape index (κ3) is 4.61. The van der Waals surface area contributed by atoms with Gasteiger partial charge in [0, 0.05) is 22.6 Å². The average Bonchev–Trinajstić information content (AvgIpc) is 2.33. The van der Waals surface area contributed by atoms with Gasteiger partial charge in [-0.05, 0) is 50.5 Å². The summed E-state index contributed by atoms with van der Waals surface area (Å²) in [5.74, 6) is 0. The quantitative estimate of drug-likeness (QED) is 0.892. The Morgan fingerprint density at radius 2 is 1.75 bits per heavy atom. The fourth-order valence-electron chi connectivity index (χ4n) is 2.74. The van der Waals surface area contributed by atoms with Gasteiger partial charge in [-0.3, -0.25) is 0 Å². The molecule has 0 amide bonds. The van der Waals surface area contributed by atoms with Crippen LogP contribution in [0.2, 0.25) is 10.0 Å². The zero-order valence-electron chi connectivity index (χ0n) is 11.8. The third-order valence-corrected chi connectivity index (χ3v) is 4.00. The lowest BCUT2D eigenvalue weighted by Crippen LogP contribution is -2.42. The van der Waals surface area contributed by atoms with Gasteiger partial charge in [-0.2, -0.15) is 0 Å². The molecule has 0 aromatic heterocycles. The molecule has 3 nitrogen and oxygen atoms in total. The second kappa shape index (κ2) is 7.10. The highest BCUT2D eigenvalue weighted by atomic mass is 35.5. The molecular weight excluding hydrogens is 297 g/mol. The molecule has 1 aromatic carbocycles. The third-order valence-electron chi connectivity index (χ3n) is 3.57. The van der Waals surface area contributed by atoms with Gasteiger partial charge in [-0.15, -0.1) is 0 Å². The first-order valence-electron chi connectivity index (χ1n) is 6.97. The smallest absolute Gasteiger partial charge is 0.0915 e. The lowest BCUT2D eigenvalue weighted by molar-refractivity contribution is -0.0433. The average molecular weight is 318 g/mol. The Labute approximate surface area is 130 Å². The highest BCUT2D eigenvalue weighted by Crippen LogP contribution is 2.24. The van der Waals surface area contributed by atoms with Crippen molar-refractivity contribution in [2.45, 2.75) is 51.0 Å². The summed E-state index contributed by atoms with van der Waals surface area (Å²) in [6, 6.07) is 5.52. The van der Waals surface area contributed by atoms with Crippen LogP contribution in [-0.2, 0) is 4.74 Å². The molecule has 2 rings (SSSR count). The van der Waals surface area contributed by atoms with E-state index in [2.05, 4.69) is 19.2 Å². The van der Waals surface area contributed by atoms with E-state index in [-0.39, 0.29) is 12.2 Å². The molecule has 1 aliphatic rings. The number of ether oxygens (including phenoxy) is 1. The minimum absolute atomic E-state index is 0.258. The minimum atomic E-state index is -0.611. The summed E-state index contributed by atoms with van der Waals surface area (Å²) in [5.41, 5.74) is 0.739. The molecule has 0 aliphatic carbocycles. The van der Waals surface area contributed by atoms with E-state index in [0.29, 0.717) is 22.6 Å². The first kappa shape index (κ1) is 16.1. The second-order valence-electron chi connectivity index (χ2n) is 5.55. The molecule has 3 atom stereocenters. The van der Waals surface area contributed by atoms with Crippen molar-refractivity contribution in [3.8, 4) is 0 Å². The van der Waals surface area contributed by atoms with Crippen LogP contribution in [-0.4, -0.2) is 29.9 Å². The SMILES string of the molecule is CC1CC(NCC(O)c2cc(Cl)cc(Cl)c2)CC(C)O1. The van der Waals surface area contributed by atoms with E-state index in [1.165, 1.54) is 0 Å². The highest BCUT2D eigenvalue weighted by Gasteiger charge is 2.24. The molecule has 0 radical (unpaired) electrons. The number of halogens is 2. The lowest BCUT2D eigenvalue weighted by Gasteiger charge is -2.33. The van der Waals surface area contributed by atoms with Crippen molar-refractivity contribution < 1.29 is 9.84 Å². The van der Waals surface area contributed by atoms with E-state index in [1.807, 2.05) is 0 Å². The van der Waals surface area contributed by atoms with Gasteiger partial charge in [0.05, 0.1) is 18.3 Å². The molecule has 5 heteroatoms. The van der Waals surface area contributed by atoms with Gasteiger partial charge in [-0.1, -0.05) is 23.2 Å². The van der Waals surface area contributed by atoms with Crippen molar-refractivity contribution in [2.75, 3.05) is 6.54 Å². The van der Waals surface area contributed by atoms with Crippen LogP contribution in [0.3, 0.4) is 0 Å². The Morgan fingerprint density at radius 1 is 1.20 bits per heavy atom. The Morgan fingerprint density at radius 3 is 2.30 bits per heavy atom. The summed E-state index contributed by atoms with van der Waals surface area (Å²) < 4.78 is 5.70. The maximum Gasteiger partial charge on any atom is 0.0915 e. The van der Waals surface area contributed by atoms with Crippen LogP contribution in [0.25, 0.3) is 0 Å². The molecule has 1 aliphatic heterocycles. The Bertz CT molecular complexity index is 425. The summed E-state index contributed by atoms with van der Waals surface area (Å²) in [5, 5.41) is 14.7. The minimum Gasteiger partial charge on any atom is -0.387 e. The van der Waals surface area contributed by atoms with Crippen molar-refractivity contribution in [1.29, 1.82) is 0 Å². The topological polar surface area (TPSA) is 41.5 Å². The van der Waals surface area contributed by atoms with E-state index >= 15 is 0 Å². The first-order chi connectivity index (χ1) is 9.44. The predicted octanol–water partition coefficient (Wildman–Crippen LogP) is 3.57. The number of hydrogen-bond donors (Lipinski definition) is 2. The number of rotatable bonds is 4. The molecule has 0 bridgehead atoms. The molecule has 1 saturated heterocycles. The van der Waals surface area contributed by atoms with E-state index in [9.17, 15) is 5.11 Å². The summed E-state index contributed by atoms with van der Waals surface area (Å²) in [7, 11) is 0. The maximum absolute atomic E-state index is 10.2. The van der Waals surface area contributed by atoms with Crippen molar-refractivity contribution in [3.63, 3.8) is 0 Å². The van der Waals surface area contributed by atoms with Crippen molar-refractivity contribution in [2.24, 2.45) is 0 Å². The fourth-order valence-corrected chi connectivity index (χ4v) is 3.28. The zero-order chi connectivity index (χ0) is 14.7. The molecular formula is C15H21Cl2NO2. The number of benzene rings is 1. The van der Waals surface area contributed by atoms with Gasteiger partial charge < -0.3 is 15.2 Å². The monoisotopic (exact) mass is 317 g/mol. The van der Waals surface area contributed by atoms with Crippen LogP contribution >= 0.6 is 23.2 Å². The van der Waals surface area contributed by atoms with Crippen LogP contribution in [0.15, 0.2) is 18.2 Å². The molecule has 112 valence electrons. The van der Waals surface area contributed by atoms with Gasteiger partial charge in [0.25, 0.3) is 0 Å². The largest absolute Gasteiger partial charge is 0.387 e. The predicted molar refractivity (Wildman–Crippen MR) is 82.5 cm³/mol. The van der Waals surface area contributed by atoms with Gasteiger partial charge in [0.15, 0.2) is 0 Å². The van der Waals surface area contributed by atoms with Crippen LogP contribution < -0.4 is 5.32 Å². The molecule has 1 heterocycles. The van der Waals surface area contributed by atoms with E-state index in [0.717, 1.165) is 18.4 Å². The Kier molecular flexibility index (Phi) is 5.70. The number of aliphatic hydroxyl groups is 1. The molecule has 0 saturated carbocycles. The molecule has 1 fully saturated rings. The highest BCUT2D eigenvalue weighted by molar-refractivity contribution is 6.34. The fraction of sp³-hybridized carbons (Fsp3) is 0.600. The lowest BCUT2D eigenvalue weighted by atomic mass is 9.99. The normalized spacial score (nSPS) is 28.4. The number of aliphatic hydroxyl groups excluding tert-OH is 1. The maximum atomic E-state index is 10.2. The van der Waals surface area contributed by atoms with Crippen LogP contribution in [0.4, 0.5) is 0 Å². The van der Waals surface area contributed by atoms with Crippen molar-refractivity contribution in [1.82, 2.24) is 5.32 Å². The first-order valence-corrected chi connectivity index (χ1v) is 7.72. The van der Waals surface area contributed by atoms with E-state index in [4.69, 9.17) is 27.9 Å². The Balaban J connectivity index is 1.89. The van der Waals surface area contributed by atoms with E-state index < -0.39 is 6.10 Å². The van der Waals surface area contributed by atoms with Crippen LogP contribution in [0, 0.1) is 0 Å². The van der Waals surface area contributed by atoms with Crippen molar-refractivity contribution in [3.05, 3.63) is 33.8 Å². The summed E-state index contributed by atoms with van der Waals surface area (Å²) >= 11 is 11.9. The molecule has 20 heavy (non-hydrogen) atoms. The standard InChI is InChI=1S/C15H21Cl2NO2/c1-9-3-14(4-10(2)20-9)18-8-15(19)11-5-12(16)7-13(17)6-11/h5-7,9-10,14-15,18-19H,3-4,8H2,1-2H3. The summed E-state index contributed by atoms with van der Waals surface area (Å²) in [4.78, 5) is 0. The zero-order valence-corrected chi connectivity index (χ0v) is 13.3.